The molecule has 0 unspecified atom stereocenters. The van der Waals surface area contributed by atoms with Crippen molar-refractivity contribution in [3.63, 3.8) is 0 Å². The average molecular weight is 293 g/mol. The van der Waals surface area contributed by atoms with Crippen LogP contribution in [0.5, 0.6) is 11.6 Å². The van der Waals surface area contributed by atoms with Crippen molar-refractivity contribution in [2.45, 2.75) is 6.18 Å². The van der Waals surface area contributed by atoms with Gasteiger partial charge in [-0.1, -0.05) is 0 Å². The molecule has 1 aromatic heterocycles. The lowest BCUT2D eigenvalue weighted by Crippen LogP contribution is -2.09. The Bertz CT molecular complexity index is 586. The van der Waals surface area contributed by atoms with Gasteiger partial charge in [-0.3, -0.25) is 0 Å². The number of aromatic nitrogens is 2. The zero-order valence-electron chi connectivity index (χ0n) is 9.08. The summed E-state index contributed by atoms with van der Waals surface area (Å²) >= 11 is 5.39. The zero-order valence-corrected chi connectivity index (χ0v) is 9.84. The third-order valence-electron chi connectivity index (χ3n) is 2.00. The Morgan fingerprint density at radius 1 is 1.05 bits per heavy atom. The third-order valence-corrected chi connectivity index (χ3v) is 2.17. The fourth-order valence-electron chi connectivity index (χ4n) is 1.22. The summed E-state index contributed by atoms with van der Waals surface area (Å²) in [5, 5.41) is -0.591. The fraction of sp³-hybridized carbons (Fsp3) is 0.0909. The van der Waals surface area contributed by atoms with Crippen LogP contribution in [-0.4, -0.2) is 9.97 Å². The summed E-state index contributed by atoms with van der Waals surface area (Å²) < 4.78 is 55.2. The summed E-state index contributed by atoms with van der Waals surface area (Å²) in [5.41, 5.74) is -1.22. The number of rotatable bonds is 2. The maximum absolute atomic E-state index is 12.7. The Balaban J connectivity index is 2.30. The van der Waals surface area contributed by atoms with E-state index in [2.05, 4.69) is 9.97 Å². The number of nitrogens with zero attached hydrogens (tertiary/aromatic N) is 2. The van der Waals surface area contributed by atoms with Crippen molar-refractivity contribution in [2.24, 2.45) is 0 Å². The van der Waals surface area contributed by atoms with Gasteiger partial charge in [0, 0.05) is 6.07 Å². The van der Waals surface area contributed by atoms with Crippen LogP contribution >= 0.6 is 11.6 Å². The SMILES string of the molecule is Fc1ccc(Oc2cc(C(F)(F)F)nc(Cl)n2)cc1. The van der Waals surface area contributed by atoms with E-state index in [-0.39, 0.29) is 11.6 Å². The van der Waals surface area contributed by atoms with E-state index in [1.165, 1.54) is 12.1 Å². The van der Waals surface area contributed by atoms with Gasteiger partial charge in [0.25, 0.3) is 0 Å². The van der Waals surface area contributed by atoms with Crippen LogP contribution in [-0.2, 0) is 6.18 Å². The molecule has 0 amide bonds. The molecule has 8 heteroatoms. The van der Waals surface area contributed by atoms with E-state index in [1.807, 2.05) is 0 Å². The van der Waals surface area contributed by atoms with Crippen molar-refractivity contribution in [1.82, 2.24) is 9.97 Å². The minimum absolute atomic E-state index is 0.129. The highest BCUT2D eigenvalue weighted by Crippen LogP contribution is 2.31. The van der Waals surface area contributed by atoms with Crippen molar-refractivity contribution in [3.05, 3.63) is 47.1 Å². The standard InChI is InChI=1S/C11H5ClF4N2O/c12-10-17-8(11(14,15)16)5-9(18-10)19-7-3-1-6(13)2-4-7/h1-5H. The molecule has 0 fully saturated rings. The molecule has 0 atom stereocenters. The molecule has 100 valence electrons. The minimum atomic E-state index is -4.66. The molecule has 3 nitrogen and oxygen atoms in total. The maximum Gasteiger partial charge on any atom is 0.433 e. The molecule has 0 saturated carbocycles. The predicted molar refractivity (Wildman–Crippen MR) is 58.5 cm³/mol. The molecule has 1 aromatic carbocycles. The van der Waals surface area contributed by atoms with Gasteiger partial charge in [0.1, 0.15) is 11.6 Å². The number of halogens is 5. The number of alkyl halides is 3. The van der Waals surface area contributed by atoms with Crippen LogP contribution in [0.4, 0.5) is 17.6 Å². The molecule has 19 heavy (non-hydrogen) atoms. The van der Waals surface area contributed by atoms with Crippen molar-refractivity contribution < 1.29 is 22.3 Å². The highest BCUT2D eigenvalue weighted by atomic mass is 35.5. The van der Waals surface area contributed by atoms with Crippen LogP contribution in [0.25, 0.3) is 0 Å². The summed E-state index contributed by atoms with van der Waals surface area (Å²) in [4.78, 5) is 6.55. The van der Waals surface area contributed by atoms with Crippen LogP contribution in [0.15, 0.2) is 30.3 Å². The van der Waals surface area contributed by atoms with Crippen LogP contribution in [0.2, 0.25) is 5.28 Å². The van der Waals surface area contributed by atoms with Crippen molar-refractivity contribution >= 4 is 11.6 Å². The summed E-state index contributed by atoms with van der Waals surface area (Å²) in [7, 11) is 0. The number of hydrogen-bond donors (Lipinski definition) is 0. The van der Waals surface area contributed by atoms with E-state index in [0.29, 0.717) is 6.07 Å². The van der Waals surface area contributed by atoms with Crippen LogP contribution in [0, 0.1) is 5.82 Å². The number of hydrogen-bond acceptors (Lipinski definition) is 3. The number of benzene rings is 1. The van der Waals surface area contributed by atoms with Crippen LogP contribution < -0.4 is 4.74 Å². The Hall–Kier alpha value is -1.89. The highest BCUT2D eigenvalue weighted by molar-refractivity contribution is 6.28. The minimum Gasteiger partial charge on any atom is -0.439 e. The van der Waals surface area contributed by atoms with Gasteiger partial charge in [0.15, 0.2) is 5.69 Å². The first-order chi connectivity index (χ1) is 8.84. The molecule has 2 aromatic rings. The highest BCUT2D eigenvalue weighted by Gasteiger charge is 2.33. The second-order valence-corrected chi connectivity index (χ2v) is 3.75. The first-order valence-electron chi connectivity index (χ1n) is 4.90. The van der Waals surface area contributed by atoms with Gasteiger partial charge in [-0.25, -0.2) is 9.37 Å². The van der Waals surface area contributed by atoms with Gasteiger partial charge in [-0.05, 0) is 35.9 Å². The molecule has 0 aliphatic carbocycles. The lowest BCUT2D eigenvalue weighted by Gasteiger charge is -2.09. The van der Waals surface area contributed by atoms with Gasteiger partial charge < -0.3 is 4.74 Å². The number of ether oxygens (including phenoxy) is 1. The lowest BCUT2D eigenvalue weighted by atomic mass is 10.3. The topological polar surface area (TPSA) is 35.0 Å². The lowest BCUT2D eigenvalue weighted by molar-refractivity contribution is -0.141. The molecule has 0 N–H and O–H groups in total. The average Bonchev–Trinajstić information content (AvgIpc) is 2.30. The van der Waals surface area contributed by atoms with Crippen LogP contribution in [0.3, 0.4) is 0 Å². The fourth-order valence-corrected chi connectivity index (χ4v) is 1.39. The molecule has 0 aliphatic heterocycles. The molecule has 2 rings (SSSR count). The summed E-state index contributed by atoms with van der Waals surface area (Å²) in [6.45, 7) is 0. The largest absolute Gasteiger partial charge is 0.439 e. The quantitative estimate of drug-likeness (QED) is 0.618. The Morgan fingerprint density at radius 2 is 1.68 bits per heavy atom. The maximum atomic E-state index is 12.7. The predicted octanol–water partition coefficient (Wildman–Crippen LogP) is 4.08. The van der Waals surface area contributed by atoms with Gasteiger partial charge in [0.2, 0.25) is 11.2 Å². The second-order valence-electron chi connectivity index (χ2n) is 3.41. The van der Waals surface area contributed by atoms with E-state index in [4.69, 9.17) is 16.3 Å². The van der Waals surface area contributed by atoms with E-state index >= 15 is 0 Å². The molecule has 0 bridgehead atoms. The van der Waals surface area contributed by atoms with Crippen molar-refractivity contribution in [1.29, 1.82) is 0 Å². The third kappa shape index (κ3) is 3.54. The zero-order chi connectivity index (χ0) is 14.0. The van der Waals surface area contributed by atoms with E-state index in [9.17, 15) is 17.6 Å². The molecule has 0 spiro atoms. The Labute approximate surface area is 109 Å². The molecule has 1 heterocycles. The van der Waals surface area contributed by atoms with Gasteiger partial charge in [-0.2, -0.15) is 18.2 Å². The smallest absolute Gasteiger partial charge is 0.433 e. The molecule has 0 radical (unpaired) electrons. The Kier molecular flexibility index (Phi) is 3.57. The van der Waals surface area contributed by atoms with Gasteiger partial charge >= 0.3 is 6.18 Å². The molecular formula is C11H5ClF4N2O. The van der Waals surface area contributed by atoms with E-state index in [1.54, 1.807) is 0 Å². The summed E-state index contributed by atoms with van der Waals surface area (Å²) in [5.74, 6) is -0.743. The normalized spacial score (nSPS) is 11.4. The first-order valence-corrected chi connectivity index (χ1v) is 5.27. The van der Waals surface area contributed by atoms with Crippen LogP contribution in [0.1, 0.15) is 5.69 Å². The molecule has 0 aliphatic rings. The Morgan fingerprint density at radius 3 is 2.26 bits per heavy atom. The van der Waals surface area contributed by atoms with Crippen molar-refractivity contribution in [3.8, 4) is 11.6 Å². The second kappa shape index (κ2) is 5.00. The van der Waals surface area contributed by atoms with Crippen molar-refractivity contribution in [2.75, 3.05) is 0 Å². The monoisotopic (exact) mass is 292 g/mol. The molecular weight excluding hydrogens is 288 g/mol. The van der Waals surface area contributed by atoms with E-state index in [0.717, 1.165) is 12.1 Å². The summed E-state index contributed by atoms with van der Waals surface area (Å²) in [6, 6.07) is 5.30. The van der Waals surface area contributed by atoms with Gasteiger partial charge in [-0.15, -0.1) is 0 Å². The molecule has 0 saturated heterocycles. The first kappa shape index (κ1) is 13.5. The van der Waals surface area contributed by atoms with E-state index < -0.39 is 23.0 Å². The van der Waals surface area contributed by atoms with Gasteiger partial charge in [0.05, 0.1) is 0 Å². The summed E-state index contributed by atoms with van der Waals surface area (Å²) in [6.07, 6.45) is -4.66.